The maximum atomic E-state index is 12.0. The standard InChI is InChI=1S/C16H17ClN4OS/c1-9-6-19-13-14(9)21(16(23)20-15(13)22)8-10-3-4-12(17)11(5-10)7-18-2/h3-6,18-19H,7-8H2,1-2H3,(H,20,22,23). The van der Waals surface area contributed by atoms with Crippen molar-refractivity contribution in [2.75, 3.05) is 7.05 Å². The van der Waals surface area contributed by atoms with Gasteiger partial charge < -0.3 is 14.9 Å². The average Bonchev–Trinajstić information content (AvgIpc) is 2.89. The van der Waals surface area contributed by atoms with Gasteiger partial charge in [0.25, 0.3) is 5.56 Å². The van der Waals surface area contributed by atoms with Gasteiger partial charge >= 0.3 is 0 Å². The second-order valence-corrected chi connectivity index (χ2v) is 6.29. The van der Waals surface area contributed by atoms with Crippen LogP contribution in [-0.4, -0.2) is 21.6 Å². The van der Waals surface area contributed by atoms with Crippen LogP contribution in [0.5, 0.6) is 0 Å². The highest BCUT2D eigenvalue weighted by molar-refractivity contribution is 7.71. The van der Waals surface area contributed by atoms with Crippen LogP contribution in [0, 0.1) is 11.7 Å². The van der Waals surface area contributed by atoms with Crippen LogP contribution in [0.1, 0.15) is 16.7 Å². The molecular formula is C16H17ClN4OS. The van der Waals surface area contributed by atoms with Crippen LogP contribution < -0.4 is 10.9 Å². The molecule has 3 rings (SSSR count). The molecule has 0 bridgehead atoms. The molecule has 5 nitrogen and oxygen atoms in total. The van der Waals surface area contributed by atoms with E-state index < -0.39 is 0 Å². The maximum Gasteiger partial charge on any atom is 0.276 e. The number of hydrogen-bond acceptors (Lipinski definition) is 3. The van der Waals surface area contributed by atoms with E-state index >= 15 is 0 Å². The molecule has 0 saturated carbocycles. The van der Waals surface area contributed by atoms with E-state index in [0.29, 0.717) is 23.4 Å². The van der Waals surface area contributed by atoms with Gasteiger partial charge in [0, 0.05) is 17.8 Å². The summed E-state index contributed by atoms with van der Waals surface area (Å²) in [6, 6.07) is 5.92. The van der Waals surface area contributed by atoms with E-state index in [2.05, 4.69) is 21.4 Å². The summed E-state index contributed by atoms with van der Waals surface area (Å²) in [6.45, 7) is 3.22. The first-order valence-electron chi connectivity index (χ1n) is 7.24. The van der Waals surface area contributed by atoms with Crippen molar-refractivity contribution in [1.29, 1.82) is 0 Å². The fourth-order valence-corrected chi connectivity index (χ4v) is 3.18. The first-order chi connectivity index (χ1) is 11.0. The number of nitrogens with one attached hydrogen (secondary N) is 3. The molecule has 0 atom stereocenters. The largest absolute Gasteiger partial charge is 0.355 e. The summed E-state index contributed by atoms with van der Waals surface area (Å²) < 4.78 is 2.35. The normalized spacial score (nSPS) is 11.3. The molecule has 0 amide bonds. The zero-order valence-electron chi connectivity index (χ0n) is 12.9. The Hall–Kier alpha value is -1.89. The summed E-state index contributed by atoms with van der Waals surface area (Å²) in [5.74, 6) is 0. The van der Waals surface area contributed by atoms with Crippen molar-refractivity contribution in [3.8, 4) is 0 Å². The number of hydrogen-bond donors (Lipinski definition) is 3. The van der Waals surface area contributed by atoms with E-state index in [1.54, 1.807) is 0 Å². The maximum absolute atomic E-state index is 12.0. The monoisotopic (exact) mass is 348 g/mol. The van der Waals surface area contributed by atoms with E-state index in [1.807, 2.05) is 36.9 Å². The predicted molar refractivity (Wildman–Crippen MR) is 95.8 cm³/mol. The number of fused-ring (bicyclic) bond motifs is 1. The summed E-state index contributed by atoms with van der Waals surface area (Å²) in [4.78, 5) is 17.7. The second kappa shape index (κ2) is 6.31. The lowest BCUT2D eigenvalue weighted by Crippen LogP contribution is -2.15. The Bertz CT molecular complexity index is 986. The Kier molecular flexibility index (Phi) is 4.39. The molecular weight excluding hydrogens is 332 g/mol. The van der Waals surface area contributed by atoms with Crippen molar-refractivity contribution in [2.24, 2.45) is 0 Å². The van der Waals surface area contributed by atoms with Crippen LogP contribution in [0.4, 0.5) is 0 Å². The van der Waals surface area contributed by atoms with Gasteiger partial charge in [-0.3, -0.25) is 9.78 Å². The molecule has 0 radical (unpaired) electrons. The van der Waals surface area contributed by atoms with Crippen molar-refractivity contribution in [2.45, 2.75) is 20.0 Å². The van der Waals surface area contributed by atoms with Gasteiger partial charge in [-0.1, -0.05) is 23.7 Å². The lowest BCUT2D eigenvalue weighted by atomic mass is 10.1. The van der Waals surface area contributed by atoms with Gasteiger partial charge in [-0.2, -0.15) is 0 Å². The van der Waals surface area contributed by atoms with Crippen molar-refractivity contribution in [3.63, 3.8) is 0 Å². The lowest BCUT2D eigenvalue weighted by molar-refractivity contribution is 0.773. The van der Waals surface area contributed by atoms with E-state index in [9.17, 15) is 4.79 Å². The van der Waals surface area contributed by atoms with Gasteiger partial charge in [0.05, 0.1) is 12.1 Å². The summed E-state index contributed by atoms with van der Waals surface area (Å²) in [5, 5.41) is 3.84. The van der Waals surface area contributed by atoms with Crippen LogP contribution >= 0.6 is 23.8 Å². The molecule has 0 fully saturated rings. The van der Waals surface area contributed by atoms with Crippen molar-refractivity contribution >= 4 is 34.9 Å². The van der Waals surface area contributed by atoms with Gasteiger partial charge in [-0.05, 0) is 48.9 Å². The Morgan fingerprint density at radius 3 is 2.91 bits per heavy atom. The van der Waals surface area contributed by atoms with Gasteiger partial charge in [-0.25, -0.2) is 0 Å². The summed E-state index contributed by atoms with van der Waals surface area (Å²) in [6.07, 6.45) is 1.82. The zero-order valence-corrected chi connectivity index (χ0v) is 14.4. The second-order valence-electron chi connectivity index (χ2n) is 5.50. The highest BCUT2D eigenvalue weighted by Crippen LogP contribution is 2.20. The summed E-state index contributed by atoms with van der Waals surface area (Å²) >= 11 is 11.6. The minimum Gasteiger partial charge on any atom is -0.355 e. The number of aryl methyl sites for hydroxylation is 1. The minimum atomic E-state index is -0.193. The molecule has 3 aromatic rings. The fourth-order valence-electron chi connectivity index (χ4n) is 2.75. The zero-order chi connectivity index (χ0) is 16.6. The Balaban J connectivity index is 2.12. The molecule has 0 unspecified atom stereocenters. The molecule has 2 heterocycles. The molecule has 0 aliphatic carbocycles. The molecule has 7 heteroatoms. The topological polar surface area (TPSA) is 65.6 Å². The minimum absolute atomic E-state index is 0.193. The van der Waals surface area contributed by atoms with Crippen molar-refractivity contribution < 1.29 is 0 Å². The van der Waals surface area contributed by atoms with Gasteiger partial charge in [0.15, 0.2) is 4.77 Å². The SMILES string of the molecule is CNCc1cc(Cn2c(=S)[nH]c(=O)c3[nH]cc(C)c32)ccc1Cl. The molecule has 0 spiro atoms. The van der Waals surface area contributed by atoms with Crippen LogP contribution in [0.3, 0.4) is 0 Å². The number of nitrogens with zero attached hydrogens (tertiary/aromatic N) is 1. The van der Waals surface area contributed by atoms with Crippen LogP contribution in [0.2, 0.25) is 5.02 Å². The Morgan fingerprint density at radius 1 is 1.39 bits per heavy atom. The van der Waals surface area contributed by atoms with Crippen molar-refractivity contribution in [1.82, 2.24) is 19.9 Å². The molecule has 3 N–H and O–H groups in total. The number of benzene rings is 1. The summed E-state index contributed by atoms with van der Waals surface area (Å²) in [7, 11) is 1.88. The fraction of sp³-hybridized carbons (Fsp3) is 0.250. The third-order valence-electron chi connectivity index (χ3n) is 3.82. The summed E-state index contributed by atoms with van der Waals surface area (Å²) in [5.41, 5.74) is 4.28. The Morgan fingerprint density at radius 2 is 2.17 bits per heavy atom. The molecule has 1 aromatic carbocycles. The van der Waals surface area contributed by atoms with Crippen LogP contribution in [0.15, 0.2) is 29.2 Å². The number of aromatic nitrogens is 3. The lowest BCUT2D eigenvalue weighted by Gasteiger charge is -2.12. The van der Waals surface area contributed by atoms with Gasteiger partial charge in [0.2, 0.25) is 0 Å². The molecule has 120 valence electrons. The molecule has 0 aliphatic rings. The molecule has 23 heavy (non-hydrogen) atoms. The molecule has 0 aliphatic heterocycles. The highest BCUT2D eigenvalue weighted by atomic mass is 35.5. The van der Waals surface area contributed by atoms with Crippen LogP contribution in [0.25, 0.3) is 11.0 Å². The predicted octanol–water partition coefficient (Wildman–Crippen LogP) is 3.12. The van der Waals surface area contributed by atoms with Gasteiger partial charge in [0.1, 0.15) is 5.52 Å². The number of aromatic amines is 2. The third kappa shape index (κ3) is 2.97. The number of H-pyrrole nitrogens is 2. The number of rotatable bonds is 4. The van der Waals surface area contributed by atoms with E-state index in [4.69, 9.17) is 23.8 Å². The van der Waals surface area contributed by atoms with E-state index in [-0.39, 0.29) is 5.56 Å². The van der Waals surface area contributed by atoms with Gasteiger partial charge in [-0.15, -0.1) is 0 Å². The number of halogens is 1. The molecule has 0 saturated heterocycles. The highest BCUT2D eigenvalue weighted by Gasteiger charge is 2.11. The quantitative estimate of drug-likeness (QED) is 0.635. The van der Waals surface area contributed by atoms with E-state index in [1.165, 1.54) is 0 Å². The van der Waals surface area contributed by atoms with Crippen molar-refractivity contribution in [3.05, 3.63) is 61.2 Å². The average molecular weight is 349 g/mol. The van der Waals surface area contributed by atoms with E-state index in [0.717, 1.165) is 27.2 Å². The first kappa shape index (κ1) is 16.0. The Labute approximate surface area is 143 Å². The molecule has 2 aromatic heterocycles. The smallest absolute Gasteiger partial charge is 0.276 e. The third-order valence-corrected chi connectivity index (χ3v) is 4.52. The first-order valence-corrected chi connectivity index (χ1v) is 8.02. The van der Waals surface area contributed by atoms with Crippen LogP contribution in [-0.2, 0) is 13.1 Å².